The van der Waals surface area contributed by atoms with Crippen molar-refractivity contribution in [3.63, 3.8) is 0 Å². The Balaban J connectivity index is 1.93. The third-order valence-corrected chi connectivity index (χ3v) is 4.95. The lowest BCUT2D eigenvalue weighted by molar-refractivity contribution is 0.0471. The summed E-state index contributed by atoms with van der Waals surface area (Å²) in [7, 11) is 0. The fraction of sp³-hybridized carbons (Fsp3) is 0.579. The molecular weight excluding hydrogens is 419 g/mol. The number of carboxylic acid groups (broad SMARTS) is 1. The summed E-state index contributed by atoms with van der Waals surface area (Å²) in [6.45, 7) is 5.41. The first-order chi connectivity index (χ1) is 12.5. The SMILES string of the molecule is CC(C)(C)OC(=O)NC1CCC(N(Cc2ccc(Br)cc2F)C(=O)O)CC1. The number of amides is 2. The molecule has 1 aliphatic rings. The van der Waals surface area contributed by atoms with Crippen LogP contribution in [0.25, 0.3) is 0 Å². The van der Waals surface area contributed by atoms with Gasteiger partial charge in [0.05, 0.1) is 6.54 Å². The molecule has 0 radical (unpaired) electrons. The molecule has 0 saturated heterocycles. The highest BCUT2D eigenvalue weighted by Crippen LogP contribution is 2.26. The second kappa shape index (κ2) is 8.91. The molecule has 6 nitrogen and oxygen atoms in total. The summed E-state index contributed by atoms with van der Waals surface area (Å²) in [6, 6.07) is 4.36. The number of nitrogens with zero attached hydrogens (tertiary/aromatic N) is 1. The summed E-state index contributed by atoms with van der Waals surface area (Å²) < 4.78 is 19.9. The maximum Gasteiger partial charge on any atom is 0.407 e. The van der Waals surface area contributed by atoms with Gasteiger partial charge >= 0.3 is 12.2 Å². The monoisotopic (exact) mass is 444 g/mol. The van der Waals surface area contributed by atoms with E-state index in [9.17, 15) is 19.1 Å². The second-order valence-corrected chi connectivity index (χ2v) is 8.71. The van der Waals surface area contributed by atoms with Gasteiger partial charge in [0.1, 0.15) is 11.4 Å². The lowest BCUT2D eigenvalue weighted by Gasteiger charge is -2.35. The van der Waals surface area contributed by atoms with Gasteiger partial charge in [0.25, 0.3) is 0 Å². The number of hydrogen-bond donors (Lipinski definition) is 2. The van der Waals surface area contributed by atoms with E-state index in [0.717, 1.165) is 0 Å². The van der Waals surface area contributed by atoms with Gasteiger partial charge in [0, 0.05) is 22.1 Å². The molecule has 2 amide bonds. The molecule has 1 aromatic rings. The third kappa shape index (κ3) is 6.68. The quantitative estimate of drug-likeness (QED) is 0.691. The van der Waals surface area contributed by atoms with Crippen LogP contribution >= 0.6 is 15.9 Å². The van der Waals surface area contributed by atoms with Crippen LogP contribution in [0.4, 0.5) is 14.0 Å². The Kier molecular flexibility index (Phi) is 7.08. The zero-order valence-corrected chi connectivity index (χ0v) is 17.4. The van der Waals surface area contributed by atoms with Crippen LogP contribution in [0.5, 0.6) is 0 Å². The Bertz CT molecular complexity index is 685. The van der Waals surface area contributed by atoms with Gasteiger partial charge < -0.3 is 20.1 Å². The molecule has 1 aromatic carbocycles. The molecule has 0 bridgehead atoms. The molecule has 0 heterocycles. The molecule has 0 unspecified atom stereocenters. The maximum absolute atomic E-state index is 14.1. The number of halogens is 2. The highest BCUT2D eigenvalue weighted by Gasteiger charge is 2.30. The van der Waals surface area contributed by atoms with Crippen LogP contribution in [-0.4, -0.2) is 39.9 Å². The number of alkyl carbamates (subject to hydrolysis) is 1. The number of benzene rings is 1. The number of rotatable bonds is 4. The minimum absolute atomic E-state index is 0.00325. The van der Waals surface area contributed by atoms with Gasteiger partial charge in [-0.05, 0) is 58.6 Å². The standard InChI is InChI=1S/C19H26BrFN2O4/c1-19(2,3)27-17(24)22-14-6-8-15(9-7-14)23(18(25)26)11-12-4-5-13(20)10-16(12)21/h4-5,10,14-15H,6-9,11H2,1-3H3,(H,22,24)(H,25,26). The first-order valence-electron chi connectivity index (χ1n) is 8.98. The molecule has 0 spiro atoms. The number of ether oxygens (including phenoxy) is 1. The fourth-order valence-corrected chi connectivity index (χ4v) is 3.53. The minimum atomic E-state index is -1.07. The molecule has 2 rings (SSSR count). The molecule has 0 atom stereocenters. The highest BCUT2D eigenvalue weighted by molar-refractivity contribution is 9.10. The number of carbonyl (C=O) groups is 2. The van der Waals surface area contributed by atoms with Crippen molar-refractivity contribution in [2.75, 3.05) is 0 Å². The van der Waals surface area contributed by atoms with Crippen LogP contribution in [0.1, 0.15) is 52.0 Å². The lowest BCUT2D eigenvalue weighted by Crippen LogP contribution is -2.46. The summed E-state index contributed by atoms with van der Waals surface area (Å²) in [5.41, 5.74) is -0.217. The van der Waals surface area contributed by atoms with Crippen LogP contribution in [-0.2, 0) is 11.3 Å². The van der Waals surface area contributed by atoms with Gasteiger partial charge in [-0.2, -0.15) is 0 Å². The van der Waals surface area contributed by atoms with E-state index in [0.29, 0.717) is 35.7 Å². The first-order valence-corrected chi connectivity index (χ1v) is 9.77. The molecule has 0 aliphatic heterocycles. The average molecular weight is 445 g/mol. The molecular formula is C19H26BrFN2O4. The zero-order valence-electron chi connectivity index (χ0n) is 15.8. The van der Waals surface area contributed by atoms with E-state index in [2.05, 4.69) is 21.2 Å². The summed E-state index contributed by atoms with van der Waals surface area (Å²) >= 11 is 3.20. The van der Waals surface area contributed by atoms with E-state index < -0.39 is 23.6 Å². The van der Waals surface area contributed by atoms with E-state index >= 15 is 0 Å². The van der Waals surface area contributed by atoms with Crippen LogP contribution in [0.15, 0.2) is 22.7 Å². The lowest BCUT2D eigenvalue weighted by atomic mass is 9.90. The van der Waals surface area contributed by atoms with Crippen LogP contribution in [0.3, 0.4) is 0 Å². The van der Waals surface area contributed by atoms with Gasteiger partial charge in [-0.3, -0.25) is 0 Å². The zero-order chi connectivity index (χ0) is 20.2. The molecule has 8 heteroatoms. The number of nitrogens with one attached hydrogen (secondary N) is 1. The predicted octanol–water partition coefficient (Wildman–Crippen LogP) is 4.90. The predicted molar refractivity (Wildman–Crippen MR) is 103 cm³/mol. The summed E-state index contributed by atoms with van der Waals surface area (Å²) in [5, 5.41) is 12.4. The summed E-state index contributed by atoms with van der Waals surface area (Å²) in [5.74, 6) is -0.434. The Morgan fingerprint density at radius 1 is 1.30 bits per heavy atom. The van der Waals surface area contributed by atoms with Crippen molar-refractivity contribution in [2.24, 2.45) is 0 Å². The van der Waals surface area contributed by atoms with Gasteiger partial charge in [-0.25, -0.2) is 14.0 Å². The van der Waals surface area contributed by atoms with E-state index in [-0.39, 0.29) is 18.6 Å². The van der Waals surface area contributed by atoms with Crippen molar-refractivity contribution in [3.05, 3.63) is 34.1 Å². The van der Waals surface area contributed by atoms with Crippen molar-refractivity contribution in [1.29, 1.82) is 0 Å². The van der Waals surface area contributed by atoms with Gasteiger partial charge in [0.2, 0.25) is 0 Å². The molecule has 1 fully saturated rings. The van der Waals surface area contributed by atoms with E-state index in [4.69, 9.17) is 4.74 Å². The smallest absolute Gasteiger partial charge is 0.407 e. The van der Waals surface area contributed by atoms with E-state index in [1.807, 2.05) is 0 Å². The Morgan fingerprint density at radius 2 is 1.93 bits per heavy atom. The number of hydrogen-bond acceptors (Lipinski definition) is 3. The maximum atomic E-state index is 14.1. The van der Waals surface area contributed by atoms with Crippen LogP contribution in [0.2, 0.25) is 0 Å². The third-order valence-electron chi connectivity index (χ3n) is 4.46. The summed E-state index contributed by atoms with van der Waals surface area (Å²) in [4.78, 5) is 24.9. The Labute approximate surface area is 167 Å². The van der Waals surface area contributed by atoms with E-state index in [1.54, 1.807) is 32.9 Å². The minimum Gasteiger partial charge on any atom is -0.465 e. The van der Waals surface area contributed by atoms with E-state index in [1.165, 1.54) is 11.0 Å². The normalized spacial score (nSPS) is 20.0. The summed E-state index contributed by atoms with van der Waals surface area (Å²) in [6.07, 6.45) is 0.974. The van der Waals surface area contributed by atoms with Crippen molar-refractivity contribution in [2.45, 2.75) is 70.7 Å². The first kappa shape index (κ1) is 21.5. The van der Waals surface area contributed by atoms with Gasteiger partial charge in [0.15, 0.2) is 0 Å². The van der Waals surface area contributed by atoms with Gasteiger partial charge in [-0.1, -0.05) is 22.0 Å². The fourth-order valence-electron chi connectivity index (χ4n) is 3.19. The molecule has 0 aromatic heterocycles. The molecule has 150 valence electrons. The highest BCUT2D eigenvalue weighted by atomic mass is 79.9. The Morgan fingerprint density at radius 3 is 2.44 bits per heavy atom. The topological polar surface area (TPSA) is 78.9 Å². The van der Waals surface area contributed by atoms with Crippen LogP contribution in [0, 0.1) is 5.82 Å². The second-order valence-electron chi connectivity index (χ2n) is 7.80. The van der Waals surface area contributed by atoms with Gasteiger partial charge in [-0.15, -0.1) is 0 Å². The molecule has 2 N–H and O–H groups in total. The van der Waals surface area contributed by atoms with Crippen molar-refractivity contribution >= 4 is 28.1 Å². The molecule has 1 saturated carbocycles. The Hall–Kier alpha value is -1.83. The number of carbonyl (C=O) groups excluding carboxylic acids is 1. The van der Waals surface area contributed by atoms with Crippen molar-refractivity contribution in [3.8, 4) is 0 Å². The van der Waals surface area contributed by atoms with Crippen molar-refractivity contribution < 1.29 is 23.8 Å². The van der Waals surface area contributed by atoms with Crippen molar-refractivity contribution in [1.82, 2.24) is 10.2 Å². The average Bonchev–Trinajstić information content (AvgIpc) is 2.53. The molecule has 27 heavy (non-hydrogen) atoms. The van der Waals surface area contributed by atoms with Crippen LogP contribution < -0.4 is 5.32 Å². The molecule has 1 aliphatic carbocycles. The largest absolute Gasteiger partial charge is 0.465 e.